The number of anilines is 1. The Bertz CT molecular complexity index is 2830. The summed E-state index contributed by atoms with van der Waals surface area (Å²) in [6, 6.07) is 44.2. The lowest BCUT2D eigenvalue weighted by Crippen LogP contribution is -2.18. The second-order valence-electron chi connectivity index (χ2n) is 13.4. The largest absolute Gasteiger partial charge is 0.506 e. The molecule has 7 nitrogen and oxygen atoms in total. The number of rotatable bonds is 4. The van der Waals surface area contributed by atoms with Gasteiger partial charge in [-0.1, -0.05) is 91.0 Å². The number of pyridine rings is 2. The van der Waals surface area contributed by atoms with Crippen molar-refractivity contribution < 1.29 is 10.2 Å². The summed E-state index contributed by atoms with van der Waals surface area (Å²) in [5.41, 5.74) is 10.4. The van der Waals surface area contributed by atoms with Gasteiger partial charge in [0.1, 0.15) is 17.2 Å². The molecule has 7 heteroatoms. The molecular weight excluding hydrogens is 643 g/mol. The van der Waals surface area contributed by atoms with Crippen LogP contribution in [0.2, 0.25) is 0 Å². The van der Waals surface area contributed by atoms with Crippen LogP contribution >= 0.6 is 0 Å². The van der Waals surface area contributed by atoms with E-state index in [2.05, 4.69) is 29.6 Å². The quantitative estimate of drug-likeness (QED) is 0.173. The first-order valence-electron chi connectivity index (χ1n) is 17.2. The van der Waals surface area contributed by atoms with Crippen LogP contribution in [0.15, 0.2) is 155 Å². The van der Waals surface area contributed by atoms with Crippen LogP contribution in [0, 0.1) is 0 Å². The third-order valence-electron chi connectivity index (χ3n) is 10.4. The summed E-state index contributed by atoms with van der Waals surface area (Å²) in [6.45, 7) is 0. The maximum atomic E-state index is 11.7. The number of aliphatic hydroxyl groups is 2. The zero-order valence-corrected chi connectivity index (χ0v) is 27.6. The fourth-order valence-corrected chi connectivity index (χ4v) is 7.98. The maximum Gasteiger partial charge on any atom is 0.157 e. The summed E-state index contributed by atoms with van der Waals surface area (Å²) in [4.78, 5) is 19.8. The number of nitrogens with one attached hydrogen (secondary N) is 1. The molecule has 3 N–H and O–H groups in total. The molecule has 0 atom stereocenters. The Labute approximate surface area is 297 Å². The van der Waals surface area contributed by atoms with Gasteiger partial charge in [0, 0.05) is 33.7 Å². The first-order chi connectivity index (χ1) is 25.6. The van der Waals surface area contributed by atoms with Crippen molar-refractivity contribution in [2.45, 2.75) is 6.42 Å². The zero-order chi connectivity index (χ0) is 34.5. The summed E-state index contributed by atoms with van der Waals surface area (Å²) >= 11 is 0. The lowest BCUT2D eigenvalue weighted by molar-refractivity contribution is 0.390. The molecule has 8 aromatic rings. The molecule has 2 aliphatic heterocycles. The Hall–Kier alpha value is -7.12. The standard InChI is InChI=1S/C45H27N5O2/c51-43-41(29-18-15-26-23-38(48-34-13-5-9-27(29)39(26)34)33-20-16-24-7-1-3-11-31(24)46-33)44(52)42(43)30-19-22-36-40-28(30)10-6-14-35(40)49-45(50-36)37-21-17-25-8-2-4-12-32(25)47-37/h1-22,51-52H,23H2,(H,49,50). The first kappa shape index (κ1) is 28.7. The molecule has 2 aromatic heterocycles. The predicted molar refractivity (Wildman–Crippen MR) is 210 cm³/mol. The molecule has 11 rings (SSSR count). The van der Waals surface area contributed by atoms with Crippen LogP contribution in [0.4, 0.5) is 17.1 Å². The third-order valence-corrected chi connectivity index (χ3v) is 10.4. The Kier molecular flexibility index (Phi) is 5.90. The van der Waals surface area contributed by atoms with Gasteiger partial charge in [0.15, 0.2) is 5.84 Å². The van der Waals surface area contributed by atoms with Gasteiger partial charge in [0.05, 0.1) is 45.0 Å². The molecule has 0 fully saturated rings. The fraction of sp³-hybridized carbons (Fsp3) is 0.0222. The highest BCUT2D eigenvalue weighted by Gasteiger charge is 2.35. The van der Waals surface area contributed by atoms with Crippen LogP contribution in [0.3, 0.4) is 0 Å². The summed E-state index contributed by atoms with van der Waals surface area (Å²) in [6.07, 6.45) is 0.632. The number of aromatic nitrogens is 2. The van der Waals surface area contributed by atoms with Crippen LogP contribution in [-0.4, -0.2) is 31.7 Å². The van der Waals surface area contributed by atoms with Gasteiger partial charge < -0.3 is 15.5 Å². The molecular formula is C45H27N5O2. The van der Waals surface area contributed by atoms with Gasteiger partial charge in [-0.2, -0.15) is 0 Å². The SMILES string of the molecule is OC1=C(c2ccc3c4c(cccc24)N=C(c2ccc4ccccc4n2)C3)C(O)=C1c1ccc2c3c(cccc13)N=C(c1ccc3ccccc3n1)N2. The van der Waals surface area contributed by atoms with Crippen LogP contribution in [0.1, 0.15) is 28.1 Å². The van der Waals surface area contributed by atoms with Crippen LogP contribution in [-0.2, 0) is 6.42 Å². The van der Waals surface area contributed by atoms with Crippen molar-refractivity contribution in [2.24, 2.45) is 9.98 Å². The van der Waals surface area contributed by atoms with E-state index in [4.69, 9.17) is 20.0 Å². The number of allylic oxidation sites excluding steroid dienone is 2. The van der Waals surface area contributed by atoms with E-state index in [1.807, 2.05) is 109 Å². The number of nitrogens with zero attached hydrogens (tertiary/aromatic N) is 4. The van der Waals surface area contributed by atoms with E-state index in [0.29, 0.717) is 23.4 Å². The number of para-hydroxylation sites is 2. The Morgan fingerprint density at radius 1 is 0.500 bits per heavy atom. The van der Waals surface area contributed by atoms with E-state index in [1.54, 1.807) is 0 Å². The van der Waals surface area contributed by atoms with E-state index in [-0.39, 0.29) is 11.5 Å². The van der Waals surface area contributed by atoms with Crippen LogP contribution in [0.5, 0.6) is 0 Å². The molecule has 4 heterocycles. The van der Waals surface area contributed by atoms with Crippen molar-refractivity contribution in [3.05, 3.63) is 173 Å². The average Bonchev–Trinajstić information content (AvgIpc) is 3.19. The van der Waals surface area contributed by atoms with Crippen molar-refractivity contribution >= 4 is 83.1 Å². The van der Waals surface area contributed by atoms with Gasteiger partial charge in [-0.3, -0.25) is 4.99 Å². The normalized spacial score (nSPS) is 14.8. The van der Waals surface area contributed by atoms with Gasteiger partial charge in [0.2, 0.25) is 0 Å². The molecule has 3 aliphatic rings. The number of aliphatic hydroxyl groups excluding tert-OH is 2. The minimum Gasteiger partial charge on any atom is -0.506 e. The predicted octanol–water partition coefficient (Wildman–Crippen LogP) is 10.5. The summed E-state index contributed by atoms with van der Waals surface area (Å²) in [5.74, 6) is 0.794. The molecule has 0 radical (unpaired) electrons. The van der Waals surface area contributed by atoms with Crippen molar-refractivity contribution in [3.8, 4) is 0 Å². The van der Waals surface area contributed by atoms with Gasteiger partial charge >= 0.3 is 0 Å². The lowest BCUT2D eigenvalue weighted by Gasteiger charge is -2.28. The van der Waals surface area contributed by atoms with Gasteiger partial charge in [-0.05, 0) is 69.9 Å². The van der Waals surface area contributed by atoms with E-state index < -0.39 is 0 Å². The highest BCUT2D eigenvalue weighted by atomic mass is 16.3. The van der Waals surface area contributed by atoms with Gasteiger partial charge in [0.25, 0.3) is 0 Å². The van der Waals surface area contributed by atoms with Crippen molar-refractivity contribution in [1.29, 1.82) is 0 Å². The van der Waals surface area contributed by atoms with Crippen molar-refractivity contribution in [1.82, 2.24) is 9.97 Å². The lowest BCUT2D eigenvalue weighted by atomic mass is 9.80. The molecule has 0 amide bonds. The third kappa shape index (κ3) is 4.13. The van der Waals surface area contributed by atoms with Crippen LogP contribution in [0.25, 0.3) is 54.5 Å². The number of aliphatic imine (C=N–C) groups is 2. The number of fused-ring (bicyclic) bond motifs is 2. The Balaban J connectivity index is 0.969. The van der Waals surface area contributed by atoms with Crippen molar-refractivity contribution in [2.75, 3.05) is 5.32 Å². The molecule has 6 aromatic carbocycles. The molecule has 0 unspecified atom stereocenters. The monoisotopic (exact) mass is 669 g/mol. The zero-order valence-electron chi connectivity index (χ0n) is 27.6. The van der Waals surface area contributed by atoms with E-state index in [1.165, 1.54) is 0 Å². The number of benzene rings is 6. The second-order valence-corrected chi connectivity index (χ2v) is 13.4. The minimum absolute atomic E-state index is 0.0626. The summed E-state index contributed by atoms with van der Waals surface area (Å²) in [5, 5.41) is 32.8. The molecule has 1 aliphatic carbocycles. The van der Waals surface area contributed by atoms with Crippen molar-refractivity contribution in [3.63, 3.8) is 0 Å². The van der Waals surface area contributed by atoms with Crippen LogP contribution < -0.4 is 5.32 Å². The molecule has 244 valence electrons. The topological polar surface area (TPSA) is 103 Å². The smallest absolute Gasteiger partial charge is 0.157 e. The second kappa shape index (κ2) is 10.7. The Morgan fingerprint density at radius 2 is 1.10 bits per heavy atom. The minimum atomic E-state index is 0.0626. The average molecular weight is 670 g/mol. The number of hydrogen-bond donors (Lipinski definition) is 3. The molecule has 0 saturated carbocycles. The molecule has 0 saturated heterocycles. The highest BCUT2D eigenvalue weighted by Crippen LogP contribution is 2.50. The molecule has 52 heavy (non-hydrogen) atoms. The summed E-state index contributed by atoms with van der Waals surface area (Å²) < 4.78 is 0. The summed E-state index contributed by atoms with van der Waals surface area (Å²) in [7, 11) is 0. The van der Waals surface area contributed by atoms with E-state index in [9.17, 15) is 10.2 Å². The maximum absolute atomic E-state index is 11.7. The fourth-order valence-electron chi connectivity index (χ4n) is 7.98. The van der Waals surface area contributed by atoms with E-state index in [0.717, 1.165) is 94.2 Å². The molecule has 0 bridgehead atoms. The van der Waals surface area contributed by atoms with E-state index >= 15 is 0 Å². The number of hydrogen-bond acceptors (Lipinski definition) is 7. The first-order valence-corrected chi connectivity index (χ1v) is 17.2. The molecule has 0 spiro atoms. The van der Waals surface area contributed by atoms with Gasteiger partial charge in [-0.15, -0.1) is 0 Å². The highest BCUT2D eigenvalue weighted by molar-refractivity contribution is 6.22. The van der Waals surface area contributed by atoms with Gasteiger partial charge in [-0.25, -0.2) is 15.0 Å². The number of amidine groups is 1. The Morgan fingerprint density at radius 3 is 1.81 bits per heavy atom.